The van der Waals surface area contributed by atoms with Crippen molar-refractivity contribution >= 4 is 0 Å². The molecule has 2 rings (SSSR count). The van der Waals surface area contributed by atoms with E-state index in [4.69, 9.17) is 18.9 Å². The maximum absolute atomic E-state index is 9.24. The molecule has 1 aliphatic heterocycles. The third-order valence-electron chi connectivity index (χ3n) is 3.62. The fourth-order valence-electron chi connectivity index (χ4n) is 2.41. The van der Waals surface area contributed by atoms with Crippen molar-refractivity contribution in [2.75, 3.05) is 41.2 Å². The van der Waals surface area contributed by atoms with Crippen molar-refractivity contribution in [2.24, 2.45) is 0 Å². The van der Waals surface area contributed by atoms with Gasteiger partial charge in [-0.3, -0.25) is 0 Å². The Balaban J connectivity index is 2.46. The Labute approximate surface area is 113 Å². The minimum absolute atomic E-state index is 0.125. The minimum Gasteiger partial charge on any atom is -0.493 e. The molecular formula is C14H20O5. The number of benzene rings is 1. The Bertz CT molecular complexity index is 414. The predicted octanol–water partition coefficient (Wildman–Crippen LogP) is 1.36. The van der Waals surface area contributed by atoms with Crippen LogP contribution in [0.5, 0.6) is 17.2 Å². The first-order valence-electron chi connectivity index (χ1n) is 6.20. The van der Waals surface area contributed by atoms with Crippen molar-refractivity contribution in [1.82, 2.24) is 0 Å². The monoisotopic (exact) mass is 268 g/mol. The van der Waals surface area contributed by atoms with Crippen LogP contribution in [0.4, 0.5) is 0 Å². The molecule has 1 aliphatic rings. The Kier molecular flexibility index (Phi) is 4.17. The quantitative estimate of drug-likeness (QED) is 0.844. The molecule has 5 nitrogen and oxygen atoms in total. The summed E-state index contributed by atoms with van der Waals surface area (Å²) in [7, 11) is 4.77. The maximum atomic E-state index is 9.24. The molecule has 1 saturated heterocycles. The van der Waals surface area contributed by atoms with E-state index in [1.54, 1.807) is 21.3 Å². The number of aliphatic hydroxyl groups excluding tert-OH is 1. The van der Waals surface area contributed by atoms with Gasteiger partial charge in [0, 0.05) is 12.0 Å². The van der Waals surface area contributed by atoms with E-state index in [1.807, 2.05) is 12.1 Å². The standard InChI is InChI=1S/C14H20O5/c1-16-11-6-10(7-12(17-2)13(11)18-3)14(4-5-15)8-19-9-14/h6-7,15H,4-5,8-9H2,1-3H3. The number of ether oxygens (including phenoxy) is 4. The number of methoxy groups -OCH3 is 3. The van der Waals surface area contributed by atoms with Gasteiger partial charge >= 0.3 is 0 Å². The summed E-state index contributed by atoms with van der Waals surface area (Å²) in [5, 5.41) is 9.24. The summed E-state index contributed by atoms with van der Waals surface area (Å²) in [6.07, 6.45) is 0.658. The SMILES string of the molecule is COc1cc(C2(CCO)COC2)cc(OC)c1OC. The molecule has 0 unspecified atom stereocenters. The van der Waals surface area contributed by atoms with Crippen LogP contribution in [0, 0.1) is 0 Å². The Morgan fingerprint density at radius 3 is 2.00 bits per heavy atom. The number of aliphatic hydroxyl groups is 1. The average Bonchev–Trinajstić information content (AvgIpc) is 2.41. The smallest absolute Gasteiger partial charge is 0.203 e. The molecule has 0 amide bonds. The summed E-state index contributed by atoms with van der Waals surface area (Å²) >= 11 is 0. The van der Waals surface area contributed by atoms with Gasteiger partial charge in [0.15, 0.2) is 11.5 Å². The van der Waals surface area contributed by atoms with E-state index in [9.17, 15) is 5.11 Å². The van der Waals surface area contributed by atoms with Gasteiger partial charge in [0.25, 0.3) is 0 Å². The Morgan fingerprint density at radius 1 is 1.11 bits per heavy atom. The molecule has 1 aromatic rings. The summed E-state index contributed by atoms with van der Waals surface area (Å²) < 4.78 is 21.3. The van der Waals surface area contributed by atoms with Gasteiger partial charge in [0.05, 0.1) is 34.5 Å². The molecule has 106 valence electrons. The van der Waals surface area contributed by atoms with Crippen LogP contribution in [0.1, 0.15) is 12.0 Å². The van der Waals surface area contributed by atoms with Crippen molar-refractivity contribution < 1.29 is 24.1 Å². The lowest BCUT2D eigenvalue weighted by atomic mass is 9.76. The van der Waals surface area contributed by atoms with Crippen LogP contribution in [-0.4, -0.2) is 46.3 Å². The lowest BCUT2D eigenvalue weighted by Crippen LogP contribution is -2.47. The molecule has 1 N–H and O–H groups in total. The normalized spacial score (nSPS) is 16.6. The summed E-state index contributed by atoms with van der Waals surface area (Å²) in [6, 6.07) is 3.86. The average molecular weight is 268 g/mol. The lowest BCUT2D eigenvalue weighted by molar-refractivity contribution is -0.0702. The molecule has 1 heterocycles. The second kappa shape index (κ2) is 5.67. The molecule has 0 saturated carbocycles. The summed E-state index contributed by atoms with van der Waals surface area (Å²) in [4.78, 5) is 0. The van der Waals surface area contributed by atoms with E-state index < -0.39 is 0 Å². The topological polar surface area (TPSA) is 57.2 Å². The van der Waals surface area contributed by atoms with E-state index in [0.29, 0.717) is 36.9 Å². The van der Waals surface area contributed by atoms with Crippen molar-refractivity contribution in [2.45, 2.75) is 11.8 Å². The third kappa shape index (κ3) is 2.35. The number of rotatable bonds is 6. The van der Waals surface area contributed by atoms with Gasteiger partial charge in [-0.15, -0.1) is 0 Å². The molecule has 0 radical (unpaired) electrons. The first kappa shape index (κ1) is 14.0. The van der Waals surface area contributed by atoms with Gasteiger partial charge < -0.3 is 24.1 Å². The van der Waals surface area contributed by atoms with E-state index in [0.717, 1.165) is 5.56 Å². The van der Waals surface area contributed by atoms with Crippen molar-refractivity contribution in [3.8, 4) is 17.2 Å². The van der Waals surface area contributed by atoms with Crippen molar-refractivity contribution in [3.05, 3.63) is 17.7 Å². The van der Waals surface area contributed by atoms with E-state index >= 15 is 0 Å². The van der Waals surface area contributed by atoms with Gasteiger partial charge in [-0.1, -0.05) is 0 Å². The fraction of sp³-hybridized carbons (Fsp3) is 0.571. The van der Waals surface area contributed by atoms with Gasteiger partial charge in [0.2, 0.25) is 5.75 Å². The minimum atomic E-state index is -0.151. The van der Waals surface area contributed by atoms with Crippen LogP contribution in [0.3, 0.4) is 0 Å². The Morgan fingerprint density at radius 2 is 1.68 bits per heavy atom. The van der Waals surface area contributed by atoms with Crippen molar-refractivity contribution in [3.63, 3.8) is 0 Å². The number of hydrogen-bond acceptors (Lipinski definition) is 5. The summed E-state index contributed by atoms with van der Waals surface area (Å²) in [5.74, 6) is 1.83. The molecule has 0 bridgehead atoms. The first-order valence-corrected chi connectivity index (χ1v) is 6.20. The van der Waals surface area contributed by atoms with Gasteiger partial charge in [-0.05, 0) is 24.1 Å². The van der Waals surface area contributed by atoms with E-state index in [2.05, 4.69) is 0 Å². The van der Waals surface area contributed by atoms with Crippen LogP contribution in [-0.2, 0) is 10.2 Å². The maximum Gasteiger partial charge on any atom is 0.203 e. The molecule has 1 aromatic carbocycles. The summed E-state index contributed by atoms with van der Waals surface area (Å²) in [6.45, 7) is 1.33. The molecule has 0 spiro atoms. The highest BCUT2D eigenvalue weighted by atomic mass is 16.5. The second-order valence-electron chi connectivity index (χ2n) is 4.66. The molecular weight excluding hydrogens is 248 g/mol. The lowest BCUT2D eigenvalue weighted by Gasteiger charge is -2.42. The predicted molar refractivity (Wildman–Crippen MR) is 70.3 cm³/mol. The zero-order valence-electron chi connectivity index (χ0n) is 11.6. The highest BCUT2D eigenvalue weighted by molar-refractivity contribution is 5.55. The van der Waals surface area contributed by atoms with Crippen LogP contribution in [0.15, 0.2) is 12.1 Å². The zero-order chi connectivity index (χ0) is 13.9. The van der Waals surface area contributed by atoms with Gasteiger partial charge in [0.1, 0.15) is 0 Å². The first-order chi connectivity index (χ1) is 9.20. The molecule has 5 heteroatoms. The van der Waals surface area contributed by atoms with Crippen molar-refractivity contribution in [1.29, 1.82) is 0 Å². The second-order valence-corrected chi connectivity index (χ2v) is 4.66. The fourth-order valence-corrected chi connectivity index (χ4v) is 2.41. The highest BCUT2D eigenvalue weighted by Gasteiger charge is 2.40. The van der Waals surface area contributed by atoms with Crippen LogP contribution in [0.25, 0.3) is 0 Å². The molecule has 0 aliphatic carbocycles. The molecule has 19 heavy (non-hydrogen) atoms. The molecule has 0 aromatic heterocycles. The van der Waals surface area contributed by atoms with Crippen LogP contribution < -0.4 is 14.2 Å². The third-order valence-corrected chi connectivity index (χ3v) is 3.62. The van der Waals surface area contributed by atoms with E-state index in [-0.39, 0.29) is 12.0 Å². The van der Waals surface area contributed by atoms with Gasteiger partial charge in [-0.2, -0.15) is 0 Å². The zero-order valence-corrected chi connectivity index (χ0v) is 11.6. The van der Waals surface area contributed by atoms with Crippen LogP contribution in [0.2, 0.25) is 0 Å². The number of hydrogen-bond donors (Lipinski definition) is 1. The Hall–Kier alpha value is -1.46. The van der Waals surface area contributed by atoms with E-state index in [1.165, 1.54) is 0 Å². The highest BCUT2D eigenvalue weighted by Crippen LogP contribution is 2.44. The molecule has 0 atom stereocenters. The van der Waals surface area contributed by atoms with Gasteiger partial charge in [-0.25, -0.2) is 0 Å². The van der Waals surface area contributed by atoms with Crippen LogP contribution >= 0.6 is 0 Å². The summed E-state index contributed by atoms with van der Waals surface area (Å²) in [5.41, 5.74) is 0.893. The largest absolute Gasteiger partial charge is 0.493 e. The molecule has 1 fully saturated rings.